The van der Waals surface area contributed by atoms with Gasteiger partial charge in [-0.3, -0.25) is 0 Å². The van der Waals surface area contributed by atoms with Crippen LogP contribution in [0.2, 0.25) is 0 Å². The second kappa shape index (κ2) is 3.22. The number of benzene rings is 2. The molecule has 2 aromatic carbocycles. The van der Waals surface area contributed by atoms with E-state index in [-0.39, 0.29) is 5.75 Å². The van der Waals surface area contributed by atoms with Gasteiger partial charge in [-0.15, -0.1) is 0 Å². The zero-order chi connectivity index (χ0) is 10.1. The van der Waals surface area contributed by atoms with Crippen LogP contribution in [0, 0.1) is 6.92 Å². The standard InChI is InChI=1S/C12H12O2/c1-8-5-9-3-4-10(13)7-11(9)12(6-8)14-2/h3-7,13H,1-2H3. The third-order valence-electron chi connectivity index (χ3n) is 2.26. The molecule has 1 N–H and O–H groups in total. The Balaban J connectivity index is 2.81. The normalized spacial score (nSPS) is 10.4. The summed E-state index contributed by atoms with van der Waals surface area (Å²) in [6.07, 6.45) is 0. The molecular formula is C12H12O2. The lowest BCUT2D eigenvalue weighted by Crippen LogP contribution is -1.86. The molecule has 0 fully saturated rings. The van der Waals surface area contributed by atoms with Crippen molar-refractivity contribution in [2.75, 3.05) is 7.11 Å². The van der Waals surface area contributed by atoms with Gasteiger partial charge in [0.1, 0.15) is 11.5 Å². The molecule has 0 spiro atoms. The van der Waals surface area contributed by atoms with Crippen LogP contribution in [0.25, 0.3) is 10.8 Å². The largest absolute Gasteiger partial charge is 0.508 e. The van der Waals surface area contributed by atoms with Crippen LogP contribution >= 0.6 is 0 Å². The number of rotatable bonds is 1. The molecule has 14 heavy (non-hydrogen) atoms. The molecule has 0 amide bonds. The molecule has 72 valence electrons. The summed E-state index contributed by atoms with van der Waals surface area (Å²) in [5.74, 6) is 1.07. The summed E-state index contributed by atoms with van der Waals surface area (Å²) >= 11 is 0. The van der Waals surface area contributed by atoms with Crippen molar-refractivity contribution in [1.29, 1.82) is 0 Å². The minimum absolute atomic E-state index is 0.264. The quantitative estimate of drug-likeness (QED) is 0.745. The van der Waals surface area contributed by atoms with Gasteiger partial charge >= 0.3 is 0 Å². The third-order valence-corrected chi connectivity index (χ3v) is 2.26. The Hall–Kier alpha value is -1.70. The molecule has 0 radical (unpaired) electrons. The molecule has 2 rings (SSSR count). The molecule has 2 aromatic rings. The molecule has 0 aliphatic rings. The molecule has 0 aliphatic heterocycles. The fraction of sp³-hybridized carbons (Fsp3) is 0.167. The molecule has 0 heterocycles. The highest BCUT2D eigenvalue weighted by atomic mass is 16.5. The lowest BCUT2D eigenvalue weighted by molar-refractivity contribution is 0.419. The van der Waals surface area contributed by atoms with Gasteiger partial charge in [0.2, 0.25) is 0 Å². The lowest BCUT2D eigenvalue weighted by atomic mass is 10.1. The Bertz CT molecular complexity index is 475. The topological polar surface area (TPSA) is 29.5 Å². The van der Waals surface area contributed by atoms with E-state index >= 15 is 0 Å². The van der Waals surface area contributed by atoms with E-state index in [0.717, 1.165) is 22.1 Å². The van der Waals surface area contributed by atoms with Crippen LogP contribution in [0.15, 0.2) is 30.3 Å². The zero-order valence-electron chi connectivity index (χ0n) is 8.24. The summed E-state index contributed by atoms with van der Waals surface area (Å²) < 4.78 is 5.25. The maximum atomic E-state index is 9.36. The number of aromatic hydroxyl groups is 1. The summed E-state index contributed by atoms with van der Waals surface area (Å²) in [5, 5.41) is 11.4. The summed E-state index contributed by atoms with van der Waals surface area (Å²) in [6, 6.07) is 9.31. The highest BCUT2D eigenvalue weighted by molar-refractivity contribution is 5.90. The highest BCUT2D eigenvalue weighted by Crippen LogP contribution is 2.29. The van der Waals surface area contributed by atoms with Gasteiger partial charge in [-0.1, -0.05) is 12.1 Å². The summed E-state index contributed by atoms with van der Waals surface area (Å²) in [5.41, 5.74) is 1.15. The number of fused-ring (bicyclic) bond motifs is 1. The number of phenols is 1. The van der Waals surface area contributed by atoms with Crippen LogP contribution in [0.5, 0.6) is 11.5 Å². The first-order chi connectivity index (χ1) is 6.70. The van der Waals surface area contributed by atoms with Crippen LogP contribution in [0.1, 0.15) is 5.56 Å². The molecule has 0 saturated carbocycles. The first-order valence-electron chi connectivity index (χ1n) is 4.48. The fourth-order valence-electron chi connectivity index (χ4n) is 1.62. The Morgan fingerprint density at radius 1 is 1.14 bits per heavy atom. The molecule has 0 aromatic heterocycles. The van der Waals surface area contributed by atoms with Crippen molar-refractivity contribution in [1.82, 2.24) is 0 Å². The van der Waals surface area contributed by atoms with E-state index in [0.29, 0.717) is 0 Å². The van der Waals surface area contributed by atoms with E-state index in [1.807, 2.05) is 19.1 Å². The van der Waals surface area contributed by atoms with Crippen LogP contribution in [0.3, 0.4) is 0 Å². The Morgan fingerprint density at radius 3 is 2.64 bits per heavy atom. The second-order valence-electron chi connectivity index (χ2n) is 3.37. The molecule has 2 heteroatoms. The molecule has 0 unspecified atom stereocenters. The van der Waals surface area contributed by atoms with Crippen LogP contribution in [-0.2, 0) is 0 Å². The Labute approximate surface area is 82.8 Å². The molecule has 2 nitrogen and oxygen atoms in total. The van der Waals surface area contributed by atoms with E-state index < -0.39 is 0 Å². The lowest BCUT2D eigenvalue weighted by Gasteiger charge is -2.07. The summed E-state index contributed by atoms with van der Waals surface area (Å²) in [6.45, 7) is 2.02. The van der Waals surface area contributed by atoms with Crippen molar-refractivity contribution in [3.8, 4) is 11.5 Å². The smallest absolute Gasteiger partial charge is 0.127 e. The predicted molar refractivity (Wildman–Crippen MR) is 56.9 cm³/mol. The molecule has 0 saturated heterocycles. The SMILES string of the molecule is COc1cc(C)cc2ccc(O)cc12. The van der Waals surface area contributed by atoms with Crippen molar-refractivity contribution in [2.24, 2.45) is 0 Å². The Morgan fingerprint density at radius 2 is 1.93 bits per heavy atom. The van der Waals surface area contributed by atoms with E-state index in [2.05, 4.69) is 6.07 Å². The monoisotopic (exact) mass is 188 g/mol. The third kappa shape index (κ3) is 1.39. The van der Waals surface area contributed by atoms with Gasteiger partial charge in [0, 0.05) is 5.39 Å². The summed E-state index contributed by atoms with van der Waals surface area (Å²) in [7, 11) is 1.64. The second-order valence-corrected chi connectivity index (χ2v) is 3.37. The number of aryl methyl sites for hydroxylation is 1. The zero-order valence-corrected chi connectivity index (χ0v) is 8.24. The average molecular weight is 188 g/mol. The predicted octanol–water partition coefficient (Wildman–Crippen LogP) is 2.86. The summed E-state index contributed by atoms with van der Waals surface area (Å²) in [4.78, 5) is 0. The van der Waals surface area contributed by atoms with Crippen LogP contribution in [0.4, 0.5) is 0 Å². The van der Waals surface area contributed by atoms with E-state index in [9.17, 15) is 5.11 Å². The number of hydrogen-bond acceptors (Lipinski definition) is 2. The first kappa shape index (κ1) is 8.88. The van der Waals surface area contributed by atoms with E-state index in [1.54, 1.807) is 19.2 Å². The maximum absolute atomic E-state index is 9.36. The van der Waals surface area contributed by atoms with Gasteiger partial charge < -0.3 is 9.84 Å². The van der Waals surface area contributed by atoms with E-state index in [1.165, 1.54) is 0 Å². The van der Waals surface area contributed by atoms with Gasteiger partial charge in [-0.25, -0.2) is 0 Å². The van der Waals surface area contributed by atoms with Crippen molar-refractivity contribution in [3.05, 3.63) is 35.9 Å². The van der Waals surface area contributed by atoms with Gasteiger partial charge in [-0.05, 0) is 36.1 Å². The fourth-order valence-corrected chi connectivity index (χ4v) is 1.62. The van der Waals surface area contributed by atoms with Crippen molar-refractivity contribution < 1.29 is 9.84 Å². The van der Waals surface area contributed by atoms with Gasteiger partial charge in [0.15, 0.2) is 0 Å². The molecule has 0 atom stereocenters. The van der Waals surface area contributed by atoms with Gasteiger partial charge in [-0.2, -0.15) is 0 Å². The van der Waals surface area contributed by atoms with Crippen LogP contribution < -0.4 is 4.74 Å². The first-order valence-corrected chi connectivity index (χ1v) is 4.48. The molecule has 0 bridgehead atoms. The van der Waals surface area contributed by atoms with Crippen LogP contribution in [-0.4, -0.2) is 12.2 Å². The number of hydrogen-bond donors (Lipinski definition) is 1. The van der Waals surface area contributed by atoms with E-state index in [4.69, 9.17) is 4.74 Å². The number of ether oxygens (including phenoxy) is 1. The van der Waals surface area contributed by atoms with Crippen molar-refractivity contribution in [3.63, 3.8) is 0 Å². The van der Waals surface area contributed by atoms with Gasteiger partial charge in [0.05, 0.1) is 7.11 Å². The van der Waals surface area contributed by atoms with Gasteiger partial charge in [0.25, 0.3) is 0 Å². The maximum Gasteiger partial charge on any atom is 0.127 e. The van der Waals surface area contributed by atoms with Crippen molar-refractivity contribution in [2.45, 2.75) is 6.92 Å². The average Bonchev–Trinajstić information content (AvgIpc) is 2.17. The molecular weight excluding hydrogens is 176 g/mol. The minimum atomic E-state index is 0.264. The Kier molecular flexibility index (Phi) is 2.04. The van der Waals surface area contributed by atoms with Crippen molar-refractivity contribution >= 4 is 10.8 Å². The highest BCUT2D eigenvalue weighted by Gasteiger charge is 2.03. The minimum Gasteiger partial charge on any atom is -0.508 e. The number of methoxy groups -OCH3 is 1. The number of phenolic OH excluding ortho intramolecular Hbond substituents is 1. The molecule has 0 aliphatic carbocycles.